The molecule has 0 aromatic heterocycles. The average molecular weight is 508 g/mol. The van der Waals surface area contributed by atoms with Crippen molar-refractivity contribution in [3.63, 3.8) is 0 Å². The zero-order valence-corrected chi connectivity index (χ0v) is 19.4. The fourth-order valence-electron chi connectivity index (χ4n) is 2.34. The Bertz CT molecular complexity index is 551. The minimum absolute atomic E-state index is 0. The minimum atomic E-state index is 0. The van der Waals surface area contributed by atoms with Gasteiger partial charge in [-0.15, -0.1) is 35.7 Å². The Morgan fingerprint density at radius 3 is 2.77 bits per heavy atom. The Morgan fingerprint density at radius 2 is 2.12 bits per heavy atom. The van der Waals surface area contributed by atoms with Crippen molar-refractivity contribution in [1.82, 2.24) is 15.5 Å². The van der Waals surface area contributed by atoms with Gasteiger partial charge in [0, 0.05) is 43.1 Å². The maximum Gasteiger partial charge on any atom is 0.243 e. The lowest BCUT2D eigenvalue weighted by Gasteiger charge is -2.25. The van der Waals surface area contributed by atoms with Crippen LogP contribution in [0.1, 0.15) is 12.8 Å². The minimum Gasteiger partial charge on any atom is -0.356 e. The highest BCUT2D eigenvalue weighted by Gasteiger charge is 2.15. The second kappa shape index (κ2) is 13.5. The third kappa shape index (κ3) is 9.36. The van der Waals surface area contributed by atoms with Crippen LogP contribution in [0, 0.1) is 0 Å². The largest absolute Gasteiger partial charge is 0.356 e. The number of benzene rings is 1. The van der Waals surface area contributed by atoms with Crippen LogP contribution in [-0.4, -0.2) is 67.3 Å². The number of carbonyl (C=O) groups excluding carboxylic acids is 1. The Kier molecular flexibility index (Phi) is 12.2. The van der Waals surface area contributed by atoms with Gasteiger partial charge >= 0.3 is 0 Å². The number of carbonyl (C=O) groups is 1. The number of thioether (sulfide) groups is 2. The summed E-state index contributed by atoms with van der Waals surface area (Å²) in [6.45, 7) is 0.982. The van der Waals surface area contributed by atoms with E-state index in [1.54, 1.807) is 19.0 Å². The molecule has 1 aliphatic rings. The molecule has 1 heterocycles. The molecular formula is C18H29IN4OS2. The van der Waals surface area contributed by atoms with Gasteiger partial charge in [0.1, 0.15) is 6.54 Å². The van der Waals surface area contributed by atoms with Crippen LogP contribution in [-0.2, 0) is 4.79 Å². The third-order valence-electron chi connectivity index (χ3n) is 3.78. The standard InChI is InChI=1S/C18H28N4OS2.HI/c1-22(2)17(23)13-20-18(21-15-7-6-11-24-14-15)19-10-12-25-16-8-4-3-5-9-16;/h3-5,8-9,15H,6-7,10-14H2,1-2H3,(H2,19,20,21);1H. The first kappa shape index (κ1) is 23.4. The highest BCUT2D eigenvalue weighted by molar-refractivity contribution is 14.0. The lowest BCUT2D eigenvalue weighted by atomic mass is 10.2. The maximum atomic E-state index is 11.8. The van der Waals surface area contributed by atoms with Crippen molar-refractivity contribution in [2.75, 3.05) is 44.4 Å². The zero-order chi connectivity index (χ0) is 17.9. The van der Waals surface area contributed by atoms with Crippen molar-refractivity contribution in [3.05, 3.63) is 30.3 Å². The van der Waals surface area contributed by atoms with Gasteiger partial charge in [0.05, 0.1) is 0 Å². The molecule has 26 heavy (non-hydrogen) atoms. The van der Waals surface area contributed by atoms with Crippen LogP contribution in [0.5, 0.6) is 0 Å². The topological polar surface area (TPSA) is 56.7 Å². The van der Waals surface area contributed by atoms with E-state index >= 15 is 0 Å². The number of amides is 1. The van der Waals surface area contributed by atoms with Crippen LogP contribution in [0.3, 0.4) is 0 Å². The molecule has 5 nitrogen and oxygen atoms in total. The second-order valence-electron chi connectivity index (χ2n) is 6.10. The molecule has 0 radical (unpaired) electrons. The van der Waals surface area contributed by atoms with Crippen LogP contribution in [0.4, 0.5) is 0 Å². The Hall–Kier alpha value is -0.610. The summed E-state index contributed by atoms with van der Waals surface area (Å²) in [6.07, 6.45) is 2.39. The molecule has 0 aliphatic carbocycles. The fourth-order valence-corrected chi connectivity index (χ4v) is 4.21. The molecule has 2 N–H and O–H groups in total. The van der Waals surface area contributed by atoms with Crippen molar-refractivity contribution >= 4 is 59.4 Å². The summed E-state index contributed by atoms with van der Waals surface area (Å²) in [7, 11) is 3.51. The molecular weight excluding hydrogens is 479 g/mol. The van der Waals surface area contributed by atoms with Crippen LogP contribution in [0.15, 0.2) is 40.2 Å². The Labute approximate surface area is 182 Å². The van der Waals surface area contributed by atoms with Crippen LogP contribution in [0.25, 0.3) is 0 Å². The van der Waals surface area contributed by atoms with Crippen LogP contribution in [0.2, 0.25) is 0 Å². The van der Waals surface area contributed by atoms with Gasteiger partial charge in [-0.25, -0.2) is 4.99 Å². The number of guanidine groups is 1. The molecule has 146 valence electrons. The fraction of sp³-hybridized carbons (Fsp3) is 0.556. The first-order valence-electron chi connectivity index (χ1n) is 8.66. The van der Waals surface area contributed by atoms with Crippen molar-refractivity contribution in [3.8, 4) is 0 Å². The summed E-state index contributed by atoms with van der Waals surface area (Å²) in [5.74, 6) is 4.05. The van der Waals surface area contributed by atoms with E-state index in [1.165, 1.54) is 17.1 Å². The number of rotatable bonds is 7. The molecule has 2 rings (SSSR count). The monoisotopic (exact) mass is 508 g/mol. The van der Waals surface area contributed by atoms with Crippen molar-refractivity contribution < 1.29 is 4.79 Å². The van der Waals surface area contributed by atoms with E-state index in [0.717, 1.165) is 30.4 Å². The number of hydrogen-bond donors (Lipinski definition) is 2. The van der Waals surface area contributed by atoms with Gasteiger partial charge in [0.2, 0.25) is 5.91 Å². The van der Waals surface area contributed by atoms with Crippen LogP contribution >= 0.6 is 47.5 Å². The van der Waals surface area contributed by atoms with Crippen molar-refractivity contribution in [1.29, 1.82) is 0 Å². The van der Waals surface area contributed by atoms with Crippen molar-refractivity contribution in [2.24, 2.45) is 4.99 Å². The second-order valence-corrected chi connectivity index (χ2v) is 8.42. The number of nitrogens with one attached hydrogen (secondary N) is 2. The molecule has 1 atom stereocenters. The summed E-state index contributed by atoms with van der Waals surface area (Å²) in [5.41, 5.74) is 0. The predicted octanol–water partition coefficient (Wildman–Crippen LogP) is 2.92. The van der Waals surface area contributed by atoms with Gasteiger partial charge in [-0.3, -0.25) is 4.79 Å². The summed E-state index contributed by atoms with van der Waals surface area (Å²) in [5, 5.41) is 6.86. The Morgan fingerprint density at radius 1 is 1.35 bits per heavy atom. The van der Waals surface area contributed by atoms with Gasteiger partial charge in [-0.2, -0.15) is 11.8 Å². The molecule has 1 unspecified atom stereocenters. The molecule has 1 fully saturated rings. The maximum absolute atomic E-state index is 11.8. The molecule has 0 saturated carbocycles. The molecule has 8 heteroatoms. The quantitative estimate of drug-likeness (QED) is 0.195. The molecule has 0 bridgehead atoms. The smallest absolute Gasteiger partial charge is 0.243 e. The molecule has 1 saturated heterocycles. The lowest BCUT2D eigenvalue weighted by molar-refractivity contribution is -0.127. The molecule has 0 spiro atoms. The molecule has 1 aliphatic heterocycles. The van der Waals surface area contributed by atoms with Gasteiger partial charge in [0.25, 0.3) is 0 Å². The van der Waals surface area contributed by atoms with E-state index in [2.05, 4.69) is 39.9 Å². The number of aliphatic imine (C=N–C) groups is 1. The lowest BCUT2D eigenvalue weighted by Crippen LogP contribution is -2.46. The van der Waals surface area contributed by atoms with E-state index in [0.29, 0.717) is 6.04 Å². The summed E-state index contributed by atoms with van der Waals surface area (Å²) in [4.78, 5) is 19.1. The van der Waals surface area contributed by atoms with E-state index < -0.39 is 0 Å². The summed E-state index contributed by atoms with van der Waals surface area (Å²) < 4.78 is 0. The average Bonchev–Trinajstić information content (AvgIpc) is 2.64. The number of nitrogens with zero attached hydrogens (tertiary/aromatic N) is 2. The number of likely N-dealkylation sites (N-methyl/N-ethyl adjacent to an activating group) is 1. The first-order valence-corrected chi connectivity index (χ1v) is 10.8. The zero-order valence-electron chi connectivity index (χ0n) is 15.4. The molecule has 1 aromatic carbocycles. The molecule has 1 amide bonds. The van der Waals surface area contributed by atoms with Gasteiger partial charge in [-0.1, -0.05) is 18.2 Å². The summed E-state index contributed by atoms with van der Waals surface area (Å²) in [6, 6.07) is 10.8. The highest BCUT2D eigenvalue weighted by Crippen LogP contribution is 2.17. The van der Waals surface area contributed by atoms with E-state index in [9.17, 15) is 4.79 Å². The van der Waals surface area contributed by atoms with E-state index in [-0.39, 0.29) is 36.4 Å². The number of hydrogen-bond acceptors (Lipinski definition) is 4. The SMILES string of the molecule is CN(C)C(=O)CN=C(NCCSc1ccccc1)NC1CCCSC1.I. The number of halogens is 1. The van der Waals surface area contributed by atoms with Gasteiger partial charge < -0.3 is 15.5 Å². The first-order chi connectivity index (χ1) is 12.1. The molecule has 1 aromatic rings. The van der Waals surface area contributed by atoms with Gasteiger partial charge in [0.15, 0.2) is 5.96 Å². The van der Waals surface area contributed by atoms with Gasteiger partial charge in [-0.05, 0) is 30.7 Å². The Balaban J connectivity index is 0.00000338. The van der Waals surface area contributed by atoms with Crippen LogP contribution < -0.4 is 10.6 Å². The third-order valence-corrected chi connectivity index (χ3v) is 6.01. The van der Waals surface area contributed by atoms with Crippen molar-refractivity contribution in [2.45, 2.75) is 23.8 Å². The van der Waals surface area contributed by atoms with E-state index in [1.807, 2.05) is 29.6 Å². The summed E-state index contributed by atoms with van der Waals surface area (Å²) >= 11 is 3.79. The normalized spacial score (nSPS) is 17.2. The predicted molar refractivity (Wildman–Crippen MR) is 125 cm³/mol. The van der Waals surface area contributed by atoms with E-state index in [4.69, 9.17) is 0 Å². The highest BCUT2D eigenvalue weighted by atomic mass is 127.